The summed E-state index contributed by atoms with van der Waals surface area (Å²) >= 11 is 4.32. The molecule has 7 nitrogen and oxygen atoms in total. The average Bonchev–Trinajstić information content (AvgIpc) is 2.45. The molecule has 0 rings (SSSR count). The molecule has 15 heavy (non-hydrogen) atoms. The fourth-order valence-electron chi connectivity index (χ4n) is 0. The summed E-state index contributed by atoms with van der Waals surface area (Å²) in [6.07, 6.45) is 0. The molecule has 0 aromatic heterocycles. The molecule has 0 saturated heterocycles. The van der Waals surface area contributed by atoms with Crippen molar-refractivity contribution in [2.45, 2.75) is 0 Å². The van der Waals surface area contributed by atoms with Crippen LogP contribution in [0.5, 0.6) is 0 Å². The van der Waals surface area contributed by atoms with Crippen molar-refractivity contribution in [1.29, 1.82) is 31.6 Å². The summed E-state index contributed by atoms with van der Waals surface area (Å²) in [5.41, 5.74) is 0. The van der Waals surface area contributed by atoms with Crippen molar-refractivity contribution in [1.82, 2.24) is 6.15 Å². The molecule has 9 heteroatoms. The van der Waals surface area contributed by atoms with Crippen LogP contribution < -0.4 is 6.15 Å². The van der Waals surface area contributed by atoms with Crippen molar-refractivity contribution in [2.75, 3.05) is 0 Å². The molecule has 0 amide bonds. The largest absolute Gasteiger partial charge is 0.369 e. The van der Waals surface area contributed by atoms with Crippen molar-refractivity contribution in [3.05, 3.63) is 39.4 Å². The SMILES string of the molecule is [C-]#N.[C-]#N.[C-]#N.[C-]#N.[C-]#N.[C-]#N.[Fe]=[Cd].[NH4+]. The van der Waals surface area contributed by atoms with Gasteiger partial charge in [-0.25, -0.2) is 0 Å². The first-order valence-electron chi connectivity index (χ1n) is 1.59. The Labute approximate surface area is 111 Å². The molecule has 0 atom stereocenters. The number of quaternary nitrogens is 1. The van der Waals surface area contributed by atoms with Crippen molar-refractivity contribution in [3.63, 3.8) is 0 Å². The maximum Gasteiger partial charge on any atom is -0.369 e. The van der Waals surface area contributed by atoms with E-state index in [-0.39, 0.29) is 6.15 Å². The van der Waals surface area contributed by atoms with Crippen LogP contribution in [0.4, 0.5) is 0 Å². The summed E-state index contributed by atoms with van der Waals surface area (Å²) in [4.78, 5) is 0. The van der Waals surface area contributed by atoms with E-state index in [0.29, 0.717) is 0 Å². The van der Waals surface area contributed by atoms with E-state index in [1.807, 2.05) is 0 Å². The summed E-state index contributed by atoms with van der Waals surface area (Å²) in [5, 5.41) is 37.5. The number of nitrogens with zero attached hydrogens (tertiary/aromatic N) is 6. The molecule has 0 aromatic carbocycles. The zero-order valence-electron chi connectivity index (χ0n) is 7.74. The first-order chi connectivity index (χ1) is 7.00. The van der Waals surface area contributed by atoms with Gasteiger partial charge in [0.1, 0.15) is 0 Å². The van der Waals surface area contributed by atoms with E-state index < -0.39 is 0 Å². The molecule has 0 aliphatic rings. The van der Waals surface area contributed by atoms with Gasteiger partial charge in [-0.2, -0.15) is 0 Å². The average molecular weight is 342 g/mol. The Morgan fingerprint density at radius 3 is 0.467 bits per heavy atom. The first kappa shape index (κ1) is 71.2. The first-order valence-corrected chi connectivity index (χ1v) is 8.26. The van der Waals surface area contributed by atoms with E-state index >= 15 is 0 Å². The molecular weight excluding hydrogens is 338 g/mol. The zero-order valence-corrected chi connectivity index (χ0v) is 12.9. The van der Waals surface area contributed by atoms with Crippen LogP contribution in [-0.4, -0.2) is 0 Å². The van der Waals surface area contributed by atoms with Gasteiger partial charge in [0.15, 0.2) is 0 Å². The molecule has 0 bridgehead atoms. The van der Waals surface area contributed by atoms with Gasteiger partial charge in [0.2, 0.25) is 0 Å². The maximum atomic E-state index is 6.25. The summed E-state index contributed by atoms with van der Waals surface area (Å²) in [6, 6.07) is 0. The fraction of sp³-hybridized carbons (Fsp3) is 0. The minimum atomic E-state index is 0. The third kappa shape index (κ3) is 480. The Kier molecular flexibility index (Phi) is 2740. The van der Waals surface area contributed by atoms with Crippen LogP contribution in [0.15, 0.2) is 0 Å². The van der Waals surface area contributed by atoms with E-state index in [1.54, 1.807) is 0 Å². The second-order valence-electron chi connectivity index (χ2n) is 0. The second kappa shape index (κ2) is 577. The Bertz CT molecular complexity index is 110. The molecule has 0 saturated carbocycles. The molecule has 4 N–H and O–H groups in total. The Balaban J connectivity index is -0.00000000628. The van der Waals surface area contributed by atoms with E-state index in [0.717, 1.165) is 22.7 Å². The molecule has 78 valence electrons. The number of hydrogen-bond donors (Lipinski definition) is 1. The zero-order chi connectivity index (χ0) is 14.0. The van der Waals surface area contributed by atoms with Crippen LogP contribution in [0.3, 0.4) is 0 Å². The molecule has 0 spiro atoms. The van der Waals surface area contributed by atoms with Gasteiger partial charge in [-0.1, -0.05) is 0 Å². The quantitative estimate of drug-likeness (QED) is 0.505. The predicted octanol–water partition coefficient (Wildman–Crippen LogP) is 0.949. The normalized spacial score (nSPS) is 1.27. The van der Waals surface area contributed by atoms with Gasteiger partial charge in [0.25, 0.3) is 0 Å². The van der Waals surface area contributed by atoms with Crippen molar-refractivity contribution in [2.24, 2.45) is 0 Å². The Morgan fingerprint density at radius 2 is 0.467 bits per heavy atom. The molecule has 0 aliphatic heterocycles. The standard InChI is InChI=1S/6CN.Cd.Fe.H3N/c6*1-2;;;/h;;;;;;;;1H3/q6*-1;;;/p+1. The van der Waals surface area contributed by atoms with Crippen LogP contribution >= 0.6 is 0 Å². The van der Waals surface area contributed by atoms with Gasteiger partial charge >= 0.3 is 34.2 Å². The van der Waals surface area contributed by atoms with Gasteiger partial charge in [0.05, 0.1) is 0 Å². The topological polar surface area (TPSA) is 179 Å². The summed E-state index contributed by atoms with van der Waals surface area (Å²) < 4.78 is 0. The van der Waals surface area contributed by atoms with Gasteiger partial charge in [-0.15, -0.1) is 0 Å². The van der Waals surface area contributed by atoms with Crippen LogP contribution in [0.1, 0.15) is 0 Å². The van der Waals surface area contributed by atoms with Gasteiger partial charge in [-0.05, 0) is 0 Å². The Morgan fingerprint density at radius 1 is 0.467 bits per heavy atom. The second-order valence-corrected chi connectivity index (χ2v) is 0. The number of hydrogen-bond acceptors (Lipinski definition) is 6. The van der Waals surface area contributed by atoms with Crippen LogP contribution in [0.2, 0.25) is 0 Å². The Hall–Kier alpha value is -1.66. The van der Waals surface area contributed by atoms with E-state index in [2.05, 4.69) is 11.5 Å². The van der Waals surface area contributed by atoms with Gasteiger partial charge < -0.3 is 77.2 Å². The van der Waals surface area contributed by atoms with Crippen LogP contribution in [0.25, 0.3) is 0 Å². The van der Waals surface area contributed by atoms with E-state index in [1.165, 1.54) is 0 Å². The van der Waals surface area contributed by atoms with Crippen LogP contribution in [-0.2, 0) is 34.2 Å². The summed E-state index contributed by atoms with van der Waals surface area (Å²) in [5.74, 6) is 0. The molecule has 0 aliphatic carbocycles. The number of rotatable bonds is 0. The minimum Gasteiger partial charge on any atom is -0.369 e. The molecule has 0 unspecified atom stereocenters. The molecule has 0 heterocycles. The molecule has 0 radical (unpaired) electrons. The molecule has 0 aromatic rings. The fourth-order valence-corrected chi connectivity index (χ4v) is 0. The van der Waals surface area contributed by atoms with Crippen molar-refractivity contribution < 1.29 is 34.2 Å². The van der Waals surface area contributed by atoms with Gasteiger partial charge in [-0.3, -0.25) is 0 Å². The summed E-state index contributed by atoms with van der Waals surface area (Å²) in [6.45, 7) is 28.5. The monoisotopic (exact) mass is 344 g/mol. The smallest absolute Gasteiger partial charge is 0.369 e. The van der Waals surface area contributed by atoms with Crippen LogP contribution in [0, 0.1) is 71.0 Å². The van der Waals surface area contributed by atoms with Crippen molar-refractivity contribution >= 4 is 0 Å². The predicted molar refractivity (Wildman–Crippen MR) is 35.8 cm³/mol. The molecule has 0 fully saturated rings. The molecular formula is C6H4CdFeN7-5. The van der Waals surface area contributed by atoms with E-state index in [9.17, 15) is 0 Å². The van der Waals surface area contributed by atoms with Crippen molar-refractivity contribution in [3.8, 4) is 0 Å². The third-order valence-electron chi connectivity index (χ3n) is 0. The van der Waals surface area contributed by atoms with Gasteiger partial charge in [0, 0.05) is 0 Å². The van der Waals surface area contributed by atoms with E-state index in [4.69, 9.17) is 71.0 Å². The third-order valence-corrected chi connectivity index (χ3v) is 0. The summed E-state index contributed by atoms with van der Waals surface area (Å²) in [7, 11) is 0. The maximum absolute atomic E-state index is 6.25. The minimum absolute atomic E-state index is 0.